The minimum Gasteiger partial charge on any atom is -0.445 e. The van der Waals surface area contributed by atoms with Crippen molar-refractivity contribution < 1.29 is 9.53 Å². The van der Waals surface area contributed by atoms with E-state index >= 15 is 0 Å². The number of anilines is 2. The summed E-state index contributed by atoms with van der Waals surface area (Å²) in [5.74, 6) is 2.14. The van der Waals surface area contributed by atoms with Crippen LogP contribution < -0.4 is 15.1 Å². The lowest BCUT2D eigenvalue weighted by molar-refractivity contribution is 0.137. The third-order valence-corrected chi connectivity index (χ3v) is 5.64. The summed E-state index contributed by atoms with van der Waals surface area (Å²) in [5, 5.41) is 3.97. The second-order valence-corrected chi connectivity index (χ2v) is 8.13. The van der Waals surface area contributed by atoms with Crippen LogP contribution in [0.1, 0.15) is 18.4 Å². The van der Waals surface area contributed by atoms with E-state index in [2.05, 4.69) is 16.3 Å². The summed E-state index contributed by atoms with van der Waals surface area (Å²) < 4.78 is 5.30. The summed E-state index contributed by atoms with van der Waals surface area (Å²) in [7, 11) is 4.01. The van der Waals surface area contributed by atoms with Crippen molar-refractivity contribution in [3.63, 3.8) is 0 Å². The van der Waals surface area contributed by atoms with Crippen molar-refractivity contribution in [1.82, 2.24) is 15.3 Å². The molecule has 1 saturated heterocycles. The first kappa shape index (κ1) is 20.9. The van der Waals surface area contributed by atoms with Gasteiger partial charge in [0, 0.05) is 39.1 Å². The Bertz CT molecular complexity index is 1020. The van der Waals surface area contributed by atoms with Gasteiger partial charge in [-0.2, -0.15) is 4.98 Å². The lowest BCUT2D eigenvalue weighted by atomic mass is 9.97. The number of alkyl carbamates (subject to hydrolysis) is 1. The fourth-order valence-corrected chi connectivity index (χ4v) is 3.87. The van der Waals surface area contributed by atoms with Crippen LogP contribution in [0.15, 0.2) is 54.6 Å². The minimum absolute atomic E-state index is 0.290. The average molecular weight is 420 g/mol. The van der Waals surface area contributed by atoms with Crippen molar-refractivity contribution in [2.75, 3.05) is 43.5 Å². The number of carbonyl (C=O) groups is 1. The second kappa shape index (κ2) is 9.64. The van der Waals surface area contributed by atoms with Gasteiger partial charge in [-0.1, -0.05) is 42.5 Å². The summed E-state index contributed by atoms with van der Waals surface area (Å²) in [6.45, 7) is 2.66. The molecular weight excluding hydrogens is 390 g/mol. The van der Waals surface area contributed by atoms with Crippen LogP contribution in [0.4, 0.5) is 16.6 Å². The molecule has 31 heavy (non-hydrogen) atoms. The minimum atomic E-state index is -0.361. The number of hydrogen-bond donors (Lipinski definition) is 1. The number of para-hydroxylation sites is 1. The second-order valence-electron chi connectivity index (χ2n) is 8.13. The molecule has 7 nitrogen and oxygen atoms in total. The van der Waals surface area contributed by atoms with Gasteiger partial charge in [-0.3, -0.25) is 0 Å². The molecule has 1 N–H and O–H groups in total. The van der Waals surface area contributed by atoms with E-state index in [9.17, 15) is 4.79 Å². The number of aromatic nitrogens is 2. The smallest absolute Gasteiger partial charge is 0.407 e. The van der Waals surface area contributed by atoms with Gasteiger partial charge in [-0.15, -0.1) is 0 Å². The SMILES string of the molecule is CN(C)c1nc(N2CCC(CNC(=O)OCc3ccccc3)CC2)nc2ccccc12. The number of benzene rings is 2. The van der Waals surface area contributed by atoms with E-state index in [0.717, 1.165) is 54.2 Å². The third kappa shape index (κ3) is 5.23. The van der Waals surface area contributed by atoms with Crippen LogP contribution in [-0.4, -0.2) is 49.8 Å². The highest BCUT2D eigenvalue weighted by atomic mass is 16.5. The molecular formula is C24H29N5O2. The molecule has 2 heterocycles. The van der Waals surface area contributed by atoms with Gasteiger partial charge >= 0.3 is 6.09 Å². The Labute approximate surface area is 183 Å². The highest BCUT2D eigenvalue weighted by Crippen LogP contribution is 2.27. The van der Waals surface area contributed by atoms with Gasteiger partial charge in [0.1, 0.15) is 12.4 Å². The number of carbonyl (C=O) groups excluding carboxylic acids is 1. The summed E-state index contributed by atoms with van der Waals surface area (Å²) in [6.07, 6.45) is 1.60. The topological polar surface area (TPSA) is 70.6 Å². The molecule has 2 aromatic carbocycles. The van der Waals surface area contributed by atoms with Crippen LogP contribution >= 0.6 is 0 Å². The maximum absolute atomic E-state index is 12.0. The molecule has 0 saturated carbocycles. The maximum atomic E-state index is 12.0. The molecule has 0 bridgehead atoms. The Morgan fingerprint density at radius 1 is 1.06 bits per heavy atom. The molecule has 3 aromatic rings. The fraction of sp³-hybridized carbons (Fsp3) is 0.375. The van der Waals surface area contributed by atoms with Crippen LogP contribution in [0.25, 0.3) is 10.9 Å². The van der Waals surface area contributed by atoms with Crippen LogP contribution in [-0.2, 0) is 11.3 Å². The van der Waals surface area contributed by atoms with E-state index in [0.29, 0.717) is 19.1 Å². The predicted octanol–water partition coefficient (Wildman–Crippen LogP) is 3.84. The van der Waals surface area contributed by atoms with Crippen molar-refractivity contribution in [2.45, 2.75) is 19.4 Å². The highest BCUT2D eigenvalue weighted by molar-refractivity contribution is 5.90. The molecule has 1 amide bonds. The Kier molecular flexibility index (Phi) is 6.50. The summed E-state index contributed by atoms with van der Waals surface area (Å²) in [6, 6.07) is 17.8. The number of amides is 1. The van der Waals surface area contributed by atoms with Gasteiger partial charge in [-0.05, 0) is 36.5 Å². The highest BCUT2D eigenvalue weighted by Gasteiger charge is 2.23. The molecule has 0 spiro atoms. The summed E-state index contributed by atoms with van der Waals surface area (Å²) in [5.41, 5.74) is 1.94. The van der Waals surface area contributed by atoms with Gasteiger partial charge in [0.05, 0.1) is 5.52 Å². The van der Waals surface area contributed by atoms with E-state index in [1.807, 2.05) is 67.5 Å². The molecule has 7 heteroatoms. The summed E-state index contributed by atoms with van der Waals surface area (Å²) >= 11 is 0. The molecule has 162 valence electrons. The normalized spacial score (nSPS) is 14.5. The van der Waals surface area contributed by atoms with Gasteiger partial charge < -0.3 is 19.9 Å². The number of nitrogens with zero attached hydrogens (tertiary/aromatic N) is 4. The number of piperidine rings is 1. The molecule has 0 atom stereocenters. The lowest BCUT2D eigenvalue weighted by Crippen LogP contribution is -2.39. The van der Waals surface area contributed by atoms with Crippen molar-refractivity contribution in [1.29, 1.82) is 0 Å². The van der Waals surface area contributed by atoms with Gasteiger partial charge in [0.15, 0.2) is 0 Å². The predicted molar refractivity (Wildman–Crippen MR) is 123 cm³/mol. The summed E-state index contributed by atoms with van der Waals surface area (Å²) in [4.78, 5) is 25.9. The zero-order valence-electron chi connectivity index (χ0n) is 18.1. The molecule has 1 fully saturated rings. The number of ether oxygens (including phenoxy) is 1. The van der Waals surface area contributed by atoms with Crippen molar-refractivity contribution in [3.8, 4) is 0 Å². The van der Waals surface area contributed by atoms with Crippen molar-refractivity contribution >= 4 is 28.8 Å². The quantitative estimate of drug-likeness (QED) is 0.655. The molecule has 0 unspecified atom stereocenters. The molecule has 1 aromatic heterocycles. The average Bonchev–Trinajstić information content (AvgIpc) is 2.81. The number of rotatable bonds is 6. The molecule has 1 aliphatic heterocycles. The third-order valence-electron chi connectivity index (χ3n) is 5.64. The molecule has 0 radical (unpaired) electrons. The van der Waals surface area contributed by atoms with Crippen molar-refractivity contribution in [2.24, 2.45) is 5.92 Å². The Balaban J connectivity index is 1.29. The van der Waals surface area contributed by atoms with Crippen LogP contribution in [0.3, 0.4) is 0 Å². The van der Waals surface area contributed by atoms with Gasteiger partial charge in [-0.25, -0.2) is 9.78 Å². The maximum Gasteiger partial charge on any atom is 0.407 e. The number of hydrogen-bond acceptors (Lipinski definition) is 6. The Hall–Kier alpha value is -3.35. The molecule has 1 aliphatic rings. The van der Waals surface area contributed by atoms with Crippen LogP contribution in [0.2, 0.25) is 0 Å². The lowest BCUT2D eigenvalue weighted by Gasteiger charge is -2.32. The van der Waals surface area contributed by atoms with E-state index in [4.69, 9.17) is 14.7 Å². The first-order valence-electron chi connectivity index (χ1n) is 10.7. The van der Waals surface area contributed by atoms with E-state index < -0.39 is 0 Å². The van der Waals surface area contributed by atoms with Gasteiger partial charge in [0.25, 0.3) is 0 Å². The van der Waals surface area contributed by atoms with E-state index in [1.54, 1.807) is 0 Å². The van der Waals surface area contributed by atoms with Crippen molar-refractivity contribution in [3.05, 3.63) is 60.2 Å². The fourth-order valence-electron chi connectivity index (χ4n) is 3.87. The zero-order valence-corrected chi connectivity index (χ0v) is 18.1. The monoisotopic (exact) mass is 419 g/mol. The Morgan fingerprint density at radius 3 is 2.52 bits per heavy atom. The standard InChI is InChI=1S/C24H29N5O2/c1-28(2)22-20-10-6-7-11-21(20)26-23(27-22)29-14-12-18(13-15-29)16-25-24(30)31-17-19-8-4-3-5-9-19/h3-11,18H,12-17H2,1-2H3,(H,25,30). The zero-order chi connectivity index (χ0) is 21.6. The molecule has 4 rings (SSSR count). The molecule has 0 aliphatic carbocycles. The largest absolute Gasteiger partial charge is 0.445 e. The van der Waals surface area contributed by atoms with Crippen LogP contribution in [0.5, 0.6) is 0 Å². The van der Waals surface area contributed by atoms with Gasteiger partial charge in [0.2, 0.25) is 5.95 Å². The number of fused-ring (bicyclic) bond motifs is 1. The first-order chi connectivity index (χ1) is 15.1. The van der Waals surface area contributed by atoms with E-state index in [1.165, 1.54) is 0 Å². The van der Waals surface area contributed by atoms with Crippen LogP contribution in [0, 0.1) is 5.92 Å². The number of nitrogens with one attached hydrogen (secondary N) is 1. The van der Waals surface area contributed by atoms with E-state index in [-0.39, 0.29) is 6.09 Å². The first-order valence-corrected chi connectivity index (χ1v) is 10.7. The Morgan fingerprint density at radius 2 is 1.77 bits per heavy atom.